The minimum atomic E-state index is -0.539. The van der Waals surface area contributed by atoms with E-state index in [1.54, 1.807) is 18.3 Å². The summed E-state index contributed by atoms with van der Waals surface area (Å²) >= 11 is 12.1. The minimum Gasteiger partial charge on any atom is -0.474 e. The maximum absolute atomic E-state index is 11.3. The van der Waals surface area contributed by atoms with E-state index in [0.29, 0.717) is 27.3 Å². The van der Waals surface area contributed by atoms with Gasteiger partial charge in [-0.1, -0.05) is 47.5 Å². The fourth-order valence-corrected chi connectivity index (χ4v) is 3.09. The summed E-state index contributed by atoms with van der Waals surface area (Å²) in [5.41, 5.74) is 2.58. The van der Waals surface area contributed by atoms with Crippen molar-refractivity contribution in [2.75, 3.05) is 6.61 Å². The lowest BCUT2D eigenvalue weighted by molar-refractivity contribution is -0.120. The van der Waals surface area contributed by atoms with Crippen molar-refractivity contribution in [3.05, 3.63) is 64.8 Å². The second-order valence-electron chi connectivity index (χ2n) is 7.27. The van der Waals surface area contributed by atoms with Crippen LogP contribution in [0.4, 0.5) is 0 Å². The highest BCUT2D eigenvalue weighted by atomic mass is 35.5. The summed E-state index contributed by atoms with van der Waals surface area (Å²) in [5.74, 6) is 0.246. The smallest absolute Gasteiger partial charge is 0.233 e. The lowest BCUT2D eigenvalue weighted by atomic mass is 10.0. The molecule has 0 saturated carbocycles. The van der Waals surface area contributed by atoms with E-state index in [2.05, 4.69) is 15.3 Å². The summed E-state index contributed by atoms with van der Waals surface area (Å²) in [6, 6.07) is 14.8. The Labute approximate surface area is 180 Å². The Kier molecular flexibility index (Phi) is 6.40. The highest BCUT2D eigenvalue weighted by molar-refractivity contribution is 6.31. The van der Waals surface area contributed by atoms with Gasteiger partial charge < -0.3 is 10.1 Å². The van der Waals surface area contributed by atoms with Gasteiger partial charge in [0.25, 0.3) is 0 Å². The summed E-state index contributed by atoms with van der Waals surface area (Å²) in [7, 11) is 0. The Morgan fingerprint density at radius 3 is 2.00 bits per heavy atom. The van der Waals surface area contributed by atoms with Crippen molar-refractivity contribution >= 4 is 29.1 Å². The Morgan fingerprint density at radius 1 is 0.966 bits per heavy atom. The molecule has 1 heterocycles. The first-order chi connectivity index (χ1) is 13.7. The molecule has 2 aromatic carbocycles. The molecule has 0 spiro atoms. The largest absolute Gasteiger partial charge is 0.474 e. The molecule has 0 atom stereocenters. The lowest BCUT2D eigenvalue weighted by Crippen LogP contribution is -2.46. The van der Waals surface area contributed by atoms with Gasteiger partial charge in [-0.15, -0.1) is 0 Å². The van der Waals surface area contributed by atoms with Gasteiger partial charge in [0, 0.05) is 28.1 Å². The fraction of sp³-hybridized carbons (Fsp3) is 0.227. The van der Waals surface area contributed by atoms with Crippen LogP contribution in [0.5, 0.6) is 5.88 Å². The molecule has 1 aromatic heterocycles. The molecule has 3 rings (SSSR count). The van der Waals surface area contributed by atoms with E-state index in [-0.39, 0.29) is 12.5 Å². The number of hydrogen-bond donors (Lipinski definition) is 1. The molecule has 0 unspecified atom stereocenters. The summed E-state index contributed by atoms with van der Waals surface area (Å²) in [6.45, 7) is 5.48. The standard InChI is InChI=1S/C22H21Cl2N3O2/c1-14(28)27-22(2,3)13-29-19-12-25-20(15-4-8-17(23)9-5-15)21(26-19)16-6-10-18(24)11-7-16/h4-12H,13H2,1-3H3,(H,27,28). The van der Waals surface area contributed by atoms with Crippen molar-refractivity contribution in [3.8, 4) is 28.4 Å². The van der Waals surface area contributed by atoms with E-state index in [0.717, 1.165) is 11.1 Å². The zero-order valence-corrected chi connectivity index (χ0v) is 17.9. The van der Waals surface area contributed by atoms with Gasteiger partial charge in [0.05, 0.1) is 17.4 Å². The second kappa shape index (κ2) is 8.80. The van der Waals surface area contributed by atoms with Gasteiger partial charge in [0.2, 0.25) is 11.8 Å². The molecule has 1 N–H and O–H groups in total. The van der Waals surface area contributed by atoms with Crippen LogP contribution in [0.2, 0.25) is 10.0 Å². The van der Waals surface area contributed by atoms with Gasteiger partial charge in [0.1, 0.15) is 12.3 Å². The number of rotatable bonds is 6. The second-order valence-corrected chi connectivity index (χ2v) is 8.15. The Morgan fingerprint density at radius 2 is 1.48 bits per heavy atom. The molecular formula is C22H21Cl2N3O2. The van der Waals surface area contributed by atoms with Crippen LogP contribution in [0.1, 0.15) is 20.8 Å². The van der Waals surface area contributed by atoms with Crippen molar-refractivity contribution in [2.24, 2.45) is 0 Å². The average molecular weight is 430 g/mol. The van der Waals surface area contributed by atoms with Crippen molar-refractivity contribution < 1.29 is 9.53 Å². The maximum Gasteiger partial charge on any atom is 0.233 e. The lowest BCUT2D eigenvalue weighted by Gasteiger charge is -2.25. The van der Waals surface area contributed by atoms with Crippen LogP contribution in [0.3, 0.4) is 0 Å². The molecule has 0 aliphatic rings. The first kappa shape index (κ1) is 21.1. The van der Waals surface area contributed by atoms with E-state index >= 15 is 0 Å². The molecule has 1 amide bonds. The number of carbonyl (C=O) groups excluding carboxylic acids is 1. The first-order valence-corrected chi connectivity index (χ1v) is 9.79. The van der Waals surface area contributed by atoms with E-state index in [1.807, 2.05) is 50.2 Å². The molecule has 29 heavy (non-hydrogen) atoms. The van der Waals surface area contributed by atoms with E-state index in [1.165, 1.54) is 6.92 Å². The molecule has 0 bridgehead atoms. The van der Waals surface area contributed by atoms with Crippen LogP contribution in [0.15, 0.2) is 54.7 Å². The number of halogens is 2. The number of hydrogen-bond acceptors (Lipinski definition) is 4. The van der Waals surface area contributed by atoms with Gasteiger partial charge in [-0.3, -0.25) is 4.79 Å². The summed E-state index contributed by atoms with van der Waals surface area (Å²) in [4.78, 5) is 20.6. The number of nitrogens with zero attached hydrogens (tertiary/aromatic N) is 2. The highest BCUT2D eigenvalue weighted by Crippen LogP contribution is 2.31. The van der Waals surface area contributed by atoms with Crippen LogP contribution in [0.25, 0.3) is 22.5 Å². The van der Waals surface area contributed by atoms with Gasteiger partial charge in [-0.2, -0.15) is 0 Å². The Hall–Kier alpha value is -2.63. The molecule has 7 heteroatoms. The summed E-state index contributed by atoms with van der Waals surface area (Å²) in [5, 5.41) is 4.13. The normalized spacial score (nSPS) is 11.2. The van der Waals surface area contributed by atoms with Crippen LogP contribution < -0.4 is 10.1 Å². The third-order valence-electron chi connectivity index (χ3n) is 4.08. The SMILES string of the molecule is CC(=O)NC(C)(C)COc1cnc(-c2ccc(Cl)cc2)c(-c2ccc(Cl)cc2)n1. The van der Waals surface area contributed by atoms with Crippen molar-refractivity contribution in [1.82, 2.24) is 15.3 Å². The number of aromatic nitrogens is 2. The number of ether oxygens (including phenoxy) is 1. The monoisotopic (exact) mass is 429 g/mol. The van der Waals surface area contributed by atoms with Gasteiger partial charge >= 0.3 is 0 Å². The van der Waals surface area contributed by atoms with Crippen molar-refractivity contribution in [1.29, 1.82) is 0 Å². The van der Waals surface area contributed by atoms with Gasteiger partial charge in [-0.25, -0.2) is 9.97 Å². The molecule has 150 valence electrons. The van der Waals surface area contributed by atoms with Crippen molar-refractivity contribution in [3.63, 3.8) is 0 Å². The summed E-state index contributed by atoms with van der Waals surface area (Å²) < 4.78 is 5.83. The molecular weight excluding hydrogens is 409 g/mol. The zero-order valence-electron chi connectivity index (χ0n) is 16.4. The number of carbonyl (C=O) groups is 1. The van der Waals surface area contributed by atoms with E-state index in [4.69, 9.17) is 27.9 Å². The zero-order chi connectivity index (χ0) is 21.0. The molecule has 0 saturated heterocycles. The van der Waals surface area contributed by atoms with Crippen molar-refractivity contribution in [2.45, 2.75) is 26.3 Å². The number of benzene rings is 2. The fourth-order valence-electron chi connectivity index (χ4n) is 2.84. The molecule has 0 aliphatic carbocycles. The third kappa shape index (κ3) is 5.68. The summed E-state index contributed by atoms with van der Waals surface area (Å²) in [6.07, 6.45) is 1.58. The highest BCUT2D eigenvalue weighted by Gasteiger charge is 2.21. The molecule has 3 aromatic rings. The van der Waals surface area contributed by atoms with E-state index in [9.17, 15) is 4.79 Å². The third-order valence-corrected chi connectivity index (χ3v) is 4.58. The molecule has 0 fully saturated rings. The molecule has 5 nitrogen and oxygen atoms in total. The topological polar surface area (TPSA) is 64.1 Å². The van der Waals surface area contributed by atoms with Gasteiger partial charge in [-0.05, 0) is 38.1 Å². The van der Waals surface area contributed by atoms with Crippen LogP contribution in [-0.4, -0.2) is 28.0 Å². The quantitative estimate of drug-likeness (QED) is 0.568. The average Bonchev–Trinajstić information content (AvgIpc) is 2.67. The van der Waals surface area contributed by atoms with E-state index < -0.39 is 5.54 Å². The number of amides is 1. The molecule has 0 radical (unpaired) electrons. The predicted molar refractivity (Wildman–Crippen MR) is 116 cm³/mol. The van der Waals surface area contributed by atoms with Gasteiger partial charge in [0.15, 0.2) is 0 Å². The van der Waals surface area contributed by atoms with Crippen LogP contribution >= 0.6 is 23.2 Å². The van der Waals surface area contributed by atoms with Crippen LogP contribution in [0, 0.1) is 0 Å². The minimum absolute atomic E-state index is 0.121. The van der Waals surface area contributed by atoms with Crippen LogP contribution in [-0.2, 0) is 4.79 Å². The first-order valence-electron chi connectivity index (χ1n) is 9.04. The number of nitrogens with one attached hydrogen (secondary N) is 1. The Balaban J connectivity index is 1.97. The maximum atomic E-state index is 11.3. The Bertz CT molecular complexity index is 1000. The molecule has 0 aliphatic heterocycles. The predicted octanol–water partition coefficient (Wildman–Crippen LogP) is 5.41.